The fourth-order valence-corrected chi connectivity index (χ4v) is 1.94. The van der Waals surface area contributed by atoms with Crippen molar-refractivity contribution in [2.45, 2.75) is 12.2 Å². The van der Waals surface area contributed by atoms with Crippen molar-refractivity contribution in [2.24, 2.45) is 5.14 Å². The molecule has 1 heterocycles. The van der Waals surface area contributed by atoms with Gasteiger partial charge >= 0.3 is 0 Å². The summed E-state index contributed by atoms with van der Waals surface area (Å²) < 4.78 is 36.1. The van der Waals surface area contributed by atoms with Crippen molar-refractivity contribution >= 4 is 10.0 Å². The Hall–Kier alpha value is -1.38. The van der Waals surface area contributed by atoms with Crippen LogP contribution in [0.1, 0.15) is 6.42 Å². The van der Waals surface area contributed by atoms with Gasteiger partial charge in [0.25, 0.3) is 0 Å². The van der Waals surface area contributed by atoms with Crippen LogP contribution in [0.2, 0.25) is 0 Å². The number of halogens is 1. The van der Waals surface area contributed by atoms with E-state index in [9.17, 15) is 12.8 Å². The van der Waals surface area contributed by atoms with Crippen LogP contribution in [0, 0.1) is 0 Å². The van der Waals surface area contributed by atoms with Gasteiger partial charge in [0.15, 0.2) is 0 Å². The summed E-state index contributed by atoms with van der Waals surface area (Å²) in [5.41, 5.74) is 2.51. The Bertz CT molecular complexity index is 477. The molecule has 0 saturated carbocycles. The number of hydrogen-bond acceptors (Lipinski definition) is 5. The van der Waals surface area contributed by atoms with Crippen LogP contribution in [0.4, 0.5) is 4.39 Å². The lowest BCUT2D eigenvalue weighted by Crippen LogP contribution is -2.47. The minimum atomic E-state index is -3.79. The predicted octanol–water partition coefficient (Wildman–Crippen LogP) is 0.00750. The fourth-order valence-electron chi connectivity index (χ4n) is 1.37. The van der Waals surface area contributed by atoms with E-state index in [1.807, 2.05) is 0 Å². The van der Waals surface area contributed by atoms with Crippen molar-refractivity contribution in [3.8, 4) is 0 Å². The molecule has 0 saturated heterocycles. The van der Waals surface area contributed by atoms with Crippen molar-refractivity contribution in [1.29, 1.82) is 0 Å². The molecule has 1 unspecified atom stereocenters. The lowest BCUT2D eigenvalue weighted by atomic mass is 10.1. The maximum Gasteiger partial charge on any atom is 0.238 e. The zero-order valence-corrected chi connectivity index (χ0v) is 8.95. The summed E-state index contributed by atoms with van der Waals surface area (Å²) in [6.07, 6.45) is 5.90. The summed E-state index contributed by atoms with van der Waals surface area (Å²) in [6.45, 7) is 0. The second kappa shape index (κ2) is 3.58. The molecule has 88 valence electrons. The Balaban J connectivity index is 2.16. The topological polar surface area (TPSA) is 84.7 Å². The third-order valence-corrected chi connectivity index (χ3v) is 3.14. The number of rotatable bonds is 2. The molecule has 2 rings (SSSR count). The molecule has 0 spiro atoms. The molecule has 2 aliphatic rings. The lowest BCUT2D eigenvalue weighted by Gasteiger charge is -2.30. The monoisotopic (exact) mass is 247 g/mol. The van der Waals surface area contributed by atoms with Gasteiger partial charge in [-0.05, 0) is 17.3 Å². The van der Waals surface area contributed by atoms with Gasteiger partial charge in [0.05, 0.1) is 11.1 Å². The van der Waals surface area contributed by atoms with Gasteiger partial charge in [-0.3, -0.25) is 5.43 Å². The number of hydrazine groups is 1. The zero-order chi connectivity index (χ0) is 11.8. The first-order valence-corrected chi connectivity index (χ1v) is 5.96. The summed E-state index contributed by atoms with van der Waals surface area (Å²) in [5.74, 6) is -1.93. The van der Waals surface area contributed by atoms with Crippen LogP contribution in [0.25, 0.3) is 0 Å². The largest absolute Gasteiger partial charge is 0.389 e. The first-order chi connectivity index (χ1) is 7.42. The number of nitrogens with zero attached hydrogens (tertiary/aromatic N) is 1. The highest BCUT2D eigenvalue weighted by Crippen LogP contribution is 2.30. The highest BCUT2D eigenvalue weighted by Gasteiger charge is 2.39. The minimum Gasteiger partial charge on any atom is -0.389 e. The van der Waals surface area contributed by atoms with E-state index in [0.29, 0.717) is 0 Å². The molecule has 0 aromatic carbocycles. The van der Waals surface area contributed by atoms with Gasteiger partial charge in [-0.25, -0.2) is 17.9 Å². The van der Waals surface area contributed by atoms with Gasteiger partial charge < -0.3 is 4.84 Å². The summed E-state index contributed by atoms with van der Waals surface area (Å²) >= 11 is 0. The number of sulfonamides is 1. The number of nitrogens with one attached hydrogen (secondary N) is 1. The average molecular weight is 247 g/mol. The molecule has 0 aromatic rings. The summed E-state index contributed by atoms with van der Waals surface area (Å²) in [5, 5.41) is 5.78. The van der Waals surface area contributed by atoms with Gasteiger partial charge in [0.1, 0.15) is 6.26 Å². The van der Waals surface area contributed by atoms with Gasteiger partial charge in [-0.2, -0.15) is 0 Å². The normalized spacial score (nSPS) is 29.8. The Labute approximate surface area is 91.8 Å². The average Bonchev–Trinajstić information content (AvgIpc) is 2.70. The number of hydroxylamine groups is 1. The molecule has 8 heteroatoms. The Morgan fingerprint density at radius 2 is 2.38 bits per heavy atom. The van der Waals surface area contributed by atoms with Crippen LogP contribution in [0.5, 0.6) is 0 Å². The quantitative estimate of drug-likeness (QED) is 0.671. The molecule has 0 aromatic heterocycles. The number of primary sulfonamides is 1. The molecular weight excluding hydrogens is 237 g/mol. The van der Waals surface area contributed by atoms with E-state index in [0.717, 1.165) is 17.3 Å². The molecule has 1 aliphatic heterocycles. The molecule has 3 N–H and O–H groups in total. The third kappa shape index (κ3) is 1.94. The Morgan fingerprint density at radius 3 is 2.81 bits per heavy atom. The second-order valence-corrected chi connectivity index (χ2v) is 4.90. The van der Waals surface area contributed by atoms with Crippen molar-refractivity contribution in [3.63, 3.8) is 0 Å². The fraction of sp³-hybridized carbons (Fsp3) is 0.250. The Morgan fingerprint density at radius 1 is 1.62 bits per heavy atom. The van der Waals surface area contributed by atoms with Crippen LogP contribution in [-0.4, -0.2) is 19.4 Å². The zero-order valence-electron chi connectivity index (χ0n) is 8.13. The summed E-state index contributed by atoms with van der Waals surface area (Å²) in [7, 11) is -3.79. The molecule has 0 fully saturated rings. The van der Waals surface area contributed by atoms with Crippen molar-refractivity contribution in [2.75, 3.05) is 0 Å². The van der Waals surface area contributed by atoms with Crippen LogP contribution < -0.4 is 10.6 Å². The predicted molar refractivity (Wildman–Crippen MR) is 54.0 cm³/mol. The highest BCUT2D eigenvalue weighted by atomic mass is 32.2. The molecule has 0 amide bonds. The van der Waals surface area contributed by atoms with E-state index in [1.165, 1.54) is 18.5 Å². The standard InChI is InChI=1S/C8H10FN3O3S/c9-8(12-11-5-6-15-12)3-1-7(2-4-8)16(10,13)14/h1-3,5-6,11H,4H2,(H2,10,13,14). The van der Waals surface area contributed by atoms with Crippen molar-refractivity contribution in [3.05, 3.63) is 35.6 Å². The van der Waals surface area contributed by atoms with Gasteiger partial charge in [-0.15, -0.1) is 0 Å². The van der Waals surface area contributed by atoms with Crippen molar-refractivity contribution in [1.82, 2.24) is 10.6 Å². The maximum atomic E-state index is 14.2. The van der Waals surface area contributed by atoms with E-state index in [1.54, 1.807) is 0 Å². The number of hydrogen-bond donors (Lipinski definition) is 2. The van der Waals surface area contributed by atoms with Gasteiger partial charge in [-0.1, -0.05) is 6.08 Å². The number of alkyl halides is 1. The van der Waals surface area contributed by atoms with Crippen LogP contribution in [0.15, 0.2) is 35.6 Å². The second-order valence-electron chi connectivity index (χ2n) is 3.34. The van der Waals surface area contributed by atoms with Gasteiger partial charge in [0, 0.05) is 6.42 Å². The first kappa shape index (κ1) is 11.1. The molecule has 0 bridgehead atoms. The highest BCUT2D eigenvalue weighted by molar-refractivity contribution is 7.93. The summed E-state index contributed by atoms with van der Waals surface area (Å²) in [4.78, 5) is 4.72. The first-order valence-electron chi connectivity index (χ1n) is 4.41. The molecule has 0 radical (unpaired) electrons. The van der Waals surface area contributed by atoms with E-state index in [-0.39, 0.29) is 11.3 Å². The lowest BCUT2D eigenvalue weighted by molar-refractivity contribution is -0.220. The Kier molecular flexibility index (Phi) is 2.49. The molecular formula is C8H10FN3O3S. The van der Waals surface area contributed by atoms with Crippen LogP contribution in [0.3, 0.4) is 0 Å². The minimum absolute atomic E-state index is 0.104. The molecule has 1 atom stereocenters. The summed E-state index contributed by atoms with van der Waals surface area (Å²) in [6, 6.07) is 0. The molecule has 1 aliphatic carbocycles. The molecule has 6 nitrogen and oxygen atoms in total. The van der Waals surface area contributed by atoms with Crippen LogP contribution >= 0.6 is 0 Å². The van der Waals surface area contributed by atoms with E-state index < -0.39 is 15.8 Å². The van der Waals surface area contributed by atoms with E-state index in [2.05, 4.69) is 5.43 Å². The third-order valence-electron chi connectivity index (χ3n) is 2.18. The molecule has 16 heavy (non-hydrogen) atoms. The SMILES string of the molecule is NS(=O)(=O)C1=CCC(F)(N2NC=CO2)C=C1. The van der Waals surface area contributed by atoms with Gasteiger partial charge in [0.2, 0.25) is 15.8 Å². The van der Waals surface area contributed by atoms with E-state index >= 15 is 0 Å². The van der Waals surface area contributed by atoms with Crippen LogP contribution in [-0.2, 0) is 14.9 Å². The van der Waals surface area contributed by atoms with Crippen molar-refractivity contribution < 1.29 is 17.6 Å². The number of allylic oxidation sites excluding steroid dienone is 1. The smallest absolute Gasteiger partial charge is 0.238 e. The van der Waals surface area contributed by atoms with E-state index in [4.69, 9.17) is 9.98 Å². The maximum absolute atomic E-state index is 14.2. The number of nitrogens with two attached hydrogens (primary N) is 1.